The molecule has 1 aromatic rings. The van der Waals surface area contributed by atoms with Gasteiger partial charge in [0.1, 0.15) is 11.6 Å². The average molecular weight is 420 g/mol. The Morgan fingerprint density at radius 3 is 2.63 bits per heavy atom. The summed E-state index contributed by atoms with van der Waals surface area (Å²) in [5.74, 6) is 2.73. The highest BCUT2D eigenvalue weighted by molar-refractivity contribution is 5.85. The predicted molar refractivity (Wildman–Crippen MR) is 111 cm³/mol. The van der Waals surface area contributed by atoms with Gasteiger partial charge in [-0.15, -0.1) is 24.8 Å². The topological polar surface area (TPSA) is 70.6 Å². The van der Waals surface area contributed by atoms with Crippen LogP contribution in [0.3, 0.4) is 0 Å². The van der Waals surface area contributed by atoms with Gasteiger partial charge in [-0.2, -0.15) is 0 Å². The number of hydrogen-bond acceptors (Lipinski definition) is 6. The first-order chi connectivity index (χ1) is 12.0. The van der Waals surface area contributed by atoms with Crippen molar-refractivity contribution in [2.45, 2.75) is 26.8 Å². The highest BCUT2D eigenvalue weighted by atomic mass is 35.5. The van der Waals surface area contributed by atoms with E-state index < -0.39 is 0 Å². The van der Waals surface area contributed by atoms with Crippen LogP contribution in [0.1, 0.15) is 19.7 Å². The van der Waals surface area contributed by atoms with Crippen LogP contribution in [-0.4, -0.2) is 77.7 Å². The Hall–Kier alpha value is -1.15. The van der Waals surface area contributed by atoms with Crippen LogP contribution in [0.4, 0.5) is 5.82 Å². The minimum atomic E-state index is 0. The van der Waals surface area contributed by atoms with Crippen molar-refractivity contribution < 1.29 is 9.53 Å². The predicted octanol–water partition coefficient (Wildman–Crippen LogP) is 1.86. The van der Waals surface area contributed by atoms with Crippen LogP contribution >= 0.6 is 24.8 Å². The molecule has 2 aliphatic heterocycles. The first-order valence-corrected chi connectivity index (χ1v) is 9.17. The molecule has 2 fully saturated rings. The number of nitrogens with one attached hydrogen (secondary N) is 1. The summed E-state index contributed by atoms with van der Waals surface area (Å²) in [6.45, 7) is 11.5. The summed E-state index contributed by atoms with van der Waals surface area (Å²) in [7, 11) is 0. The highest BCUT2D eigenvalue weighted by Crippen LogP contribution is 2.27. The second kappa shape index (κ2) is 11.0. The molecule has 0 bridgehead atoms. The summed E-state index contributed by atoms with van der Waals surface area (Å²) in [5, 5.41) is 3.52. The molecule has 3 rings (SSSR count). The van der Waals surface area contributed by atoms with E-state index in [1.807, 2.05) is 17.9 Å². The zero-order valence-corrected chi connectivity index (χ0v) is 17.9. The van der Waals surface area contributed by atoms with Crippen molar-refractivity contribution in [3.63, 3.8) is 0 Å². The van der Waals surface area contributed by atoms with E-state index in [9.17, 15) is 4.79 Å². The lowest BCUT2D eigenvalue weighted by atomic mass is 9.91. The molecule has 2 atom stereocenters. The van der Waals surface area contributed by atoms with Crippen molar-refractivity contribution in [2.24, 2.45) is 11.8 Å². The van der Waals surface area contributed by atoms with Gasteiger partial charge in [-0.25, -0.2) is 9.97 Å². The molecule has 0 radical (unpaired) electrons. The lowest BCUT2D eigenvalue weighted by Crippen LogP contribution is -2.44. The normalized spacial score (nSPS) is 22.9. The number of likely N-dealkylation sites (tertiary alicyclic amines) is 1. The minimum absolute atomic E-state index is 0. The largest absolute Gasteiger partial charge is 0.379 e. The van der Waals surface area contributed by atoms with Gasteiger partial charge in [0.15, 0.2) is 0 Å². The molecule has 0 saturated carbocycles. The maximum Gasteiger partial charge on any atom is 0.236 e. The molecule has 1 N–H and O–H groups in total. The summed E-state index contributed by atoms with van der Waals surface area (Å²) in [6, 6.07) is 2.12. The molecule has 9 heteroatoms. The molecular weight excluding hydrogens is 389 g/mol. The third-order valence-electron chi connectivity index (χ3n) is 5.15. The number of nitrogens with zero attached hydrogens (tertiary/aromatic N) is 4. The SMILES string of the molecule is Cc1nccc(N[C@H]2CN(C(=O)CN3CCOCC3)C[C@@H]2C(C)C)n1.Cl.Cl. The Morgan fingerprint density at radius 2 is 2.00 bits per heavy atom. The van der Waals surface area contributed by atoms with E-state index in [0.29, 0.717) is 18.4 Å². The fraction of sp³-hybridized carbons (Fsp3) is 0.722. The highest BCUT2D eigenvalue weighted by Gasteiger charge is 2.37. The fourth-order valence-corrected chi connectivity index (χ4v) is 3.64. The van der Waals surface area contributed by atoms with E-state index in [0.717, 1.165) is 51.0 Å². The van der Waals surface area contributed by atoms with E-state index in [4.69, 9.17) is 4.74 Å². The number of aromatic nitrogens is 2. The van der Waals surface area contributed by atoms with Crippen LogP contribution in [0.25, 0.3) is 0 Å². The van der Waals surface area contributed by atoms with Gasteiger partial charge in [-0.1, -0.05) is 13.8 Å². The molecule has 2 saturated heterocycles. The number of morpholine rings is 1. The van der Waals surface area contributed by atoms with Gasteiger partial charge in [0.05, 0.1) is 19.8 Å². The summed E-state index contributed by atoms with van der Waals surface area (Å²) in [5.41, 5.74) is 0. The zero-order valence-electron chi connectivity index (χ0n) is 16.3. The number of carbonyl (C=O) groups excluding carboxylic acids is 1. The molecule has 2 aliphatic rings. The van der Waals surface area contributed by atoms with E-state index in [2.05, 4.69) is 34.0 Å². The summed E-state index contributed by atoms with van der Waals surface area (Å²) < 4.78 is 5.36. The molecule has 0 unspecified atom stereocenters. The Kier molecular flexibility index (Phi) is 9.73. The second-order valence-electron chi connectivity index (χ2n) is 7.34. The fourth-order valence-electron chi connectivity index (χ4n) is 3.64. The smallest absolute Gasteiger partial charge is 0.236 e. The van der Waals surface area contributed by atoms with Crippen LogP contribution in [0.5, 0.6) is 0 Å². The first-order valence-electron chi connectivity index (χ1n) is 9.17. The van der Waals surface area contributed by atoms with Crippen molar-refractivity contribution in [2.75, 3.05) is 51.3 Å². The molecule has 27 heavy (non-hydrogen) atoms. The van der Waals surface area contributed by atoms with Crippen molar-refractivity contribution in [3.05, 3.63) is 18.1 Å². The maximum atomic E-state index is 12.7. The van der Waals surface area contributed by atoms with Gasteiger partial charge in [0.2, 0.25) is 5.91 Å². The number of aryl methyl sites for hydroxylation is 1. The molecule has 3 heterocycles. The van der Waals surface area contributed by atoms with Crippen LogP contribution in [0, 0.1) is 18.8 Å². The van der Waals surface area contributed by atoms with Gasteiger partial charge in [0, 0.05) is 44.3 Å². The Labute approximate surface area is 174 Å². The lowest BCUT2D eigenvalue weighted by Gasteiger charge is -2.28. The molecule has 0 aromatic carbocycles. The van der Waals surface area contributed by atoms with E-state index >= 15 is 0 Å². The Morgan fingerprint density at radius 1 is 1.30 bits per heavy atom. The van der Waals surface area contributed by atoms with Crippen molar-refractivity contribution in [1.82, 2.24) is 19.8 Å². The maximum absolute atomic E-state index is 12.7. The van der Waals surface area contributed by atoms with Gasteiger partial charge < -0.3 is 15.0 Å². The molecule has 0 spiro atoms. The number of amides is 1. The molecule has 154 valence electrons. The van der Waals surface area contributed by atoms with E-state index in [1.165, 1.54) is 0 Å². The first kappa shape index (κ1) is 23.9. The van der Waals surface area contributed by atoms with Gasteiger partial charge in [-0.05, 0) is 18.9 Å². The number of hydrogen-bond donors (Lipinski definition) is 1. The number of rotatable bonds is 5. The van der Waals surface area contributed by atoms with Crippen LogP contribution < -0.4 is 5.32 Å². The second-order valence-corrected chi connectivity index (χ2v) is 7.34. The van der Waals surface area contributed by atoms with Crippen LogP contribution in [-0.2, 0) is 9.53 Å². The monoisotopic (exact) mass is 419 g/mol. The van der Waals surface area contributed by atoms with Gasteiger partial charge in [-0.3, -0.25) is 9.69 Å². The van der Waals surface area contributed by atoms with Crippen molar-refractivity contribution in [1.29, 1.82) is 0 Å². The molecule has 7 nitrogen and oxygen atoms in total. The third kappa shape index (κ3) is 6.45. The van der Waals surface area contributed by atoms with Crippen molar-refractivity contribution in [3.8, 4) is 0 Å². The standard InChI is InChI=1S/C18H29N5O2.2ClH/c1-13(2)15-10-23(18(24)12-22-6-8-25-9-7-22)11-16(15)21-17-4-5-19-14(3)20-17;;/h4-5,13,15-16H,6-12H2,1-3H3,(H,19,20,21);2*1H/t15-,16+;;/m1../s1. The minimum Gasteiger partial charge on any atom is -0.379 e. The lowest BCUT2D eigenvalue weighted by molar-refractivity contribution is -0.132. The summed E-state index contributed by atoms with van der Waals surface area (Å²) in [4.78, 5) is 25.5. The Balaban J connectivity index is 0.00000182. The summed E-state index contributed by atoms with van der Waals surface area (Å²) in [6.07, 6.45) is 1.77. The molecule has 1 aromatic heterocycles. The Bertz CT molecular complexity index is 599. The van der Waals surface area contributed by atoms with E-state index in [1.54, 1.807) is 6.20 Å². The van der Waals surface area contributed by atoms with Crippen LogP contribution in [0.15, 0.2) is 12.3 Å². The summed E-state index contributed by atoms with van der Waals surface area (Å²) >= 11 is 0. The number of halogens is 2. The average Bonchev–Trinajstić information content (AvgIpc) is 3.00. The number of carbonyl (C=O) groups is 1. The van der Waals surface area contributed by atoms with Crippen molar-refractivity contribution >= 4 is 36.5 Å². The van der Waals surface area contributed by atoms with Gasteiger partial charge >= 0.3 is 0 Å². The van der Waals surface area contributed by atoms with E-state index in [-0.39, 0.29) is 36.8 Å². The number of ether oxygens (including phenoxy) is 1. The quantitative estimate of drug-likeness (QED) is 0.784. The molecule has 1 amide bonds. The third-order valence-corrected chi connectivity index (χ3v) is 5.15. The van der Waals surface area contributed by atoms with Gasteiger partial charge in [0.25, 0.3) is 0 Å². The number of anilines is 1. The molecule has 0 aliphatic carbocycles. The molecular formula is C18H31Cl2N5O2. The zero-order chi connectivity index (χ0) is 17.8. The van der Waals surface area contributed by atoms with Crippen LogP contribution in [0.2, 0.25) is 0 Å².